The number of cyclic esters (lactones) is 1. The zero-order valence-electron chi connectivity index (χ0n) is 19.4. The highest BCUT2D eigenvalue weighted by molar-refractivity contribution is 5.90. The molecule has 0 bridgehead atoms. The SMILES string of the molecule is CC1CC=NC=C1CN1CCN(c2ccc(N3C[C@H](CNC(=O)C(F)F)OC3=O)cc2F)CCN1. The molecule has 3 heterocycles. The Morgan fingerprint density at radius 2 is 2.14 bits per heavy atom. The van der Waals surface area contributed by atoms with Gasteiger partial charge < -0.3 is 15.0 Å². The number of nitrogens with zero attached hydrogens (tertiary/aromatic N) is 4. The first kappa shape index (κ1) is 25.0. The number of benzene rings is 1. The van der Waals surface area contributed by atoms with Gasteiger partial charge in [-0.05, 0) is 36.1 Å². The molecular formula is C23H29F3N6O3. The monoisotopic (exact) mass is 494 g/mol. The van der Waals surface area contributed by atoms with E-state index in [1.54, 1.807) is 12.1 Å². The lowest BCUT2D eigenvalue weighted by Crippen LogP contribution is -2.41. The number of halogens is 3. The number of alkyl halides is 2. The minimum absolute atomic E-state index is 0.0159. The summed E-state index contributed by atoms with van der Waals surface area (Å²) in [6.07, 6.45) is 0.0947. The minimum atomic E-state index is -3.15. The van der Waals surface area contributed by atoms with Gasteiger partial charge in [-0.15, -0.1) is 0 Å². The second-order valence-corrected chi connectivity index (χ2v) is 8.79. The van der Waals surface area contributed by atoms with Crippen LogP contribution in [-0.4, -0.2) is 81.6 Å². The van der Waals surface area contributed by atoms with Gasteiger partial charge in [0.05, 0.1) is 24.5 Å². The van der Waals surface area contributed by atoms with Crippen LogP contribution in [0.25, 0.3) is 0 Å². The molecule has 2 amide bonds. The smallest absolute Gasteiger partial charge is 0.414 e. The summed E-state index contributed by atoms with van der Waals surface area (Å²) in [7, 11) is 0. The largest absolute Gasteiger partial charge is 0.442 e. The number of ether oxygens (including phenoxy) is 1. The molecule has 35 heavy (non-hydrogen) atoms. The van der Waals surface area contributed by atoms with Crippen molar-refractivity contribution in [3.8, 4) is 0 Å². The molecule has 2 fully saturated rings. The Morgan fingerprint density at radius 3 is 2.89 bits per heavy atom. The highest BCUT2D eigenvalue weighted by Crippen LogP contribution is 2.28. The van der Waals surface area contributed by atoms with Gasteiger partial charge in [0, 0.05) is 45.1 Å². The van der Waals surface area contributed by atoms with E-state index in [4.69, 9.17) is 4.74 Å². The van der Waals surface area contributed by atoms with E-state index >= 15 is 4.39 Å². The fraction of sp³-hybridized carbons (Fsp3) is 0.522. The van der Waals surface area contributed by atoms with Crippen molar-refractivity contribution < 1.29 is 27.5 Å². The van der Waals surface area contributed by atoms with Crippen molar-refractivity contribution >= 4 is 29.6 Å². The fourth-order valence-corrected chi connectivity index (χ4v) is 4.26. The van der Waals surface area contributed by atoms with E-state index in [-0.39, 0.29) is 13.1 Å². The molecule has 2 atom stereocenters. The van der Waals surface area contributed by atoms with Gasteiger partial charge in [0.15, 0.2) is 0 Å². The van der Waals surface area contributed by atoms with E-state index in [2.05, 4.69) is 22.4 Å². The molecule has 1 unspecified atom stereocenters. The van der Waals surface area contributed by atoms with Gasteiger partial charge in [0.2, 0.25) is 0 Å². The van der Waals surface area contributed by atoms with Crippen LogP contribution >= 0.6 is 0 Å². The van der Waals surface area contributed by atoms with E-state index in [1.807, 2.05) is 22.6 Å². The van der Waals surface area contributed by atoms with Crippen LogP contribution in [0.5, 0.6) is 0 Å². The quantitative estimate of drug-likeness (QED) is 0.604. The van der Waals surface area contributed by atoms with Crippen LogP contribution in [0.4, 0.5) is 29.3 Å². The van der Waals surface area contributed by atoms with Crippen LogP contribution in [0.1, 0.15) is 13.3 Å². The van der Waals surface area contributed by atoms with Gasteiger partial charge >= 0.3 is 12.5 Å². The molecular weight excluding hydrogens is 465 g/mol. The first-order valence-electron chi connectivity index (χ1n) is 11.6. The van der Waals surface area contributed by atoms with Crippen molar-refractivity contribution in [1.29, 1.82) is 0 Å². The second kappa shape index (κ2) is 11.1. The van der Waals surface area contributed by atoms with Gasteiger partial charge in [-0.1, -0.05) is 6.92 Å². The molecule has 9 nitrogen and oxygen atoms in total. The van der Waals surface area contributed by atoms with Gasteiger partial charge in [-0.3, -0.25) is 20.1 Å². The van der Waals surface area contributed by atoms with Gasteiger partial charge in [-0.25, -0.2) is 14.2 Å². The molecule has 1 aromatic rings. The Bertz CT molecular complexity index is 1000. The van der Waals surface area contributed by atoms with Crippen LogP contribution in [0.15, 0.2) is 35.0 Å². The van der Waals surface area contributed by atoms with Crippen LogP contribution in [-0.2, 0) is 9.53 Å². The lowest BCUT2D eigenvalue weighted by Gasteiger charge is -2.26. The van der Waals surface area contributed by atoms with Gasteiger partial charge in [0.1, 0.15) is 11.9 Å². The molecule has 0 radical (unpaired) electrons. The van der Waals surface area contributed by atoms with Crippen molar-refractivity contribution in [3.05, 3.63) is 35.8 Å². The average Bonchev–Trinajstić information content (AvgIpc) is 3.05. The lowest BCUT2D eigenvalue weighted by molar-refractivity contribution is -0.132. The number of rotatable bonds is 7. The highest BCUT2D eigenvalue weighted by Gasteiger charge is 2.33. The molecule has 2 N–H and O–H groups in total. The maximum atomic E-state index is 15.1. The first-order chi connectivity index (χ1) is 16.8. The summed E-state index contributed by atoms with van der Waals surface area (Å²) < 4.78 is 44.9. The zero-order chi connectivity index (χ0) is 24.9. The van der Waals surface area contributed by atoms with Crippen molar-refractivity contribution in [2.45, 2.75) is 25.9 Å². The van der Waals surface area contributed by atoms with Crippen LogP contribution in [0.2, 0.25) is 0 Å². The number of aliphatic imine (C=N–C) groups is 1. The number of amides is 2. The Morgan fingerprint density at radius 1 is 1.31 bits per heavy atom. The topological polar surface area (TPSA) is 89.5 Å². The maximum Gasteiger partial charge on any atom is 0.414 e. The molecule has 0 spiro atoms. The molecule has 190 valence electrons. The third-order valence-electron chi connectivity index (χ3n) is 6.33. The average molecular weight is 495 g/mol. The Balaban J connectivity index is 1.35. The standard InChI is InChI=1S/C23H29F3N6O3/c1-15-4-5-27-11-16(15)13-31-9-8-30(7-6-29-31)20-3-2-17(10-19(20)24)32-14-18(35-23(32)34)12-28-22(33)21(25)26/h2-3,5,10-11,15,18,21,29H,4,6-9,12-14H2,1H3,(H,28,33)/t15?,18-/m0/s1. The van der Waals surface area contributed by atoms with E-state index < -0.39 is 30.3 Å². The Labute approximate surface area is 201 Å². The minimum Gasteiger partial charge on any atom is -0.442 e. The normalized spacial score (nSPS) is 23.3. The summed E-state index contributed by atoms with van der Waals surface area (Å²) >= 11 is 0. The maximum absolute atomic E-state index is 15.1. The summed E-state index contributed by atoms with van der Waals surface area (Å²) in [4.78, 5) is 30.7. The van der Waals surface area contributed by atoms with Crippen molar-refractivity contribution in [2.75, 3.05) is 55.6 Å². The number of anilines is 2. The summed E-state index contributed by atoms with van der Waals surface area (Å²) in [6, 6.07) is 4.52. The molecule has 4 rings (SSSR count). The predicted octanol–water partition coefficient (Wildman–Crippen LogP) is 2.15. The molecule has 1 aromatic carbocycles. The van der Waals surface area contributed by atoms with E-state index in [9.17, 15) is 18.4 Å². The third-order valence-corrected chi connectivity index (χ3v) is 6.33. The first-order valence-corrected chi connectivity index (χ1v) is 11.6. The lowest BCUT2D eigenvalue weighted by atomic mass is 9.97. The number of hydrogen-bond acceptors (Lipinski definition) is 7. The molecule has 3 aliphatic heterocycles. The summed E-state index contributed by atoms with van der Waals surface area (Å²) in [6.45, 7) is 5.27. The number of hydrazine groups is 1. The summed E-state index contributed by atoms with van der Waals surface area (Å²) in [5.74, 6) is -1.47. The molecule has 12 heteroatoms. The van der Waals surface area contributed by atoms with Gasteiger partial charge in [0.25, 0.3) is 5.91 Å². The Hall–Kier alpha value is -3.12. The number of carbonyl (C=O) groups is 2. The third kappa shape index (κ3) is 6.12. The van der Waals surface area contributed by atoms with Crippen LogP contribution in [0, 0.1) is 11.7 Å². The van der Waals surface area contributed by atoms with Crippen molar-refractivity contribution in [2.24, 2.45) is 10.9 Å². The highest BCUT2D eigenvalue weighted by atomic mass is 19.3. The second-order valence-electron chi connectivity index (χ2n) is 8.79. The van der Waals surface area contributed by atoms with Crippen LogP contribution in [0.3, 0.4) is 0 Å². The summed E-state index contributed by atoms with van der Waals surface area (Å²) in [5.41, 5.74) is 5.38. The summed E-state index contributed by atoms with van der Waals surface area (Å²) in [5, 5.41) is 4.15. The van der Waals surface area contributed by atoms with Crippen LogP contribution < -0.4 is 20.5 Å². The molecule has 3 aliphatic rings. The predicted molar refractivity (Wildman–Crippen MR) is 125 cm³/mol. The molecule has 0 saturated carbocycles. The molecule has 2 saturated heterocycles. The van der Waals surface area contributed by atoms with Crippen molar-refractivity contribution in [3.63, 3.8) is 0 Å². The molecule has 0 aromatic heterocycles. The van der Waals surface area contributed by atoms with E-state index in [1.165, 1.54) is 16.5 Å². The van der Waals surface area contributed by atoms with Gasteiger partial charge in [-0.2, -0.15) is 8.78 Å². The Kier molecular flexibility index (Phi) is 7.91. The molecule has 0 aliphatic carbocycles. The van der Waals surface area contributed by atoms with Crippen molar-refractivity contribution in [1.82, 2.24) is 15.8 Å². The number of carbonyl (C=O) groups excluding carboxylic acids is 2. The number of hydrogen-bond donors (Lipinski definition) is 2. The van der Waals surface area contributed by atoms with E-state index in [0.29, 0.717) is 43.5 Å². The fourth-order valence-electron chi connectivity index (χ4n) is 4.26. The number of nitrogens with one attached hydrogen (secondary N) is 2. The van der Waals surface area contributed by atoms with E-state index in [0.717, 1.165) is 13.0 Å². The zero-order valence-corrected chi connectivity index (χ0v) is 19.4.